The fourth-order valence-corrected chi connectivity index (χ4v) is 1.49. The molecule has 3 heterocycles. The number of aryl methyl sites for hydroxylation is 2. The summed E-state index contributed by atoms with van der Waals surface area (Å²) in [6.45, 7) is 1.78. The zero-order valence-electron chi connectivity index (χ0n) is 9.13. The molecule has 3 aromatic rings. The SMILES string of the molecule is Cc1nc2nc(-c3nncn3C)[c-]cc2o1.[Ir]. The molecule has 0 aliphatic rings. The Morgan fingerprint density at radius 1 is 1.35 bits per heavy atom. The van der Waals surface area contributed by atoms with Gasteiger partial charge in [-0.05, 0) is 5.69 Å². The molecule has 0 N–H and O–H groups in total. The Labute approximate surface area is 110 Å². The summed E-state index contributed by atoms with van der Waals surface area (Å²) in [5.41, 5.74) is 1.80. The molecule has 17 heavy (non-hydrogen) atoms. The van der Waals surface area contributed by atoms with E-state index in [4.69, 9.17) is 4.42 Å². The molecular weight excluding hydrogens is 398 g/mol. The Kier molecular flexibility index (Phi) is 3.04. The van der Waals surface area contributed by atoms with Crippen molar-refractivity contribution in [3.05, 3.63) is 24.4 Å². The third-order valence-electron chi connectivity index (χ3n) is 2.22. The van der Waals surface area contributed by atoms with Gasteiger partial charge in [0.2, 0.25) is 0 Å². The van der Waals surface area contributed by atoms with Gasteiger partial charge < -0.3 is 8.98 Å². The Bertz CT molecular complexity index is 660. The average Bonchev–Trinajstić information content (AvgIpc) is 2.81. The second kappa shape index (κ2) is 4.35. The zero-order chi connectivity index (χ0) is 11.1. The van der Waals surface area contributed by atoms with E-state index in [-0.39, 0.29) is 20.1 Å². The van der Waals surface area contributed by atoms with E-state index in [1.165, 1.54) is 0 Å². The summed E-state index contributed by atoms with van der Waals surface area (Å²) in [6, 6.07) is 4.71. The van der Waals surface area contributed by atoms with Crippen LogP contribution in [0.1, 0.15) is 5.89 Å². The normalized spacial score (nSPS) is 10.5. The average molecular weight is 406 g/mol. The van der Waals surface area contributed by atoms with Gasteiger partial charge in [-0.1, -0.05) is 0 Å². The molecule has 0 unspecified atom stereocenters. The molecule has 0 aromatic carbocycles. The fourth-order valence-electron chi connectivity index (χ4n) is 1.49. The molecule has 3 rings (SSSR count). The molecule has 0 amide bonds. The van der Waals surface area contributed by atoms with E-state index in [2.05, 4.69) is 26.2 Å². The number of aromatic nitrogens is 5. The molecule has 89 valence electrons. The van der Waals surface area contributed by atoms with E-state index in [1.54, 1.807) is 23.9 Å². The number of nitrogens with zero attached hydrogens (tertiary/aromatic N) is 5. The topological polar surface area (TPSA) is 69.6 Å². The minimum absolute atomic E-state index is 0. The smallest absolute Gasteiger partial charge is 0.179 e. The number of hydrogen-bond donors (Lipinski definition) is 0. The van der Waals surface area contributed by atoms with Crippen molar-refractivity contribution in [2.75, 3.05) is 0 Å². The van der Waals surface area contributed by atoms with Gasteiger partial charge in [-0.2, -0.15) is 10.2 Å². The molecule has 1 radical (unpaired) electrons. The number of fused-ring (bicyclic) bond motifs is 1. The maximum Gasteiger partial charge on any atom is 0.179 e. The molecule has 0 saturated heterocycles. The van der Waals surface area contributed by atoms with E-state index in [1.807, 2.05) is 7.05 Å². The van der Waals surface area contributed by atoms with Crippen molar-refractivity contribution >= 4 is 11.2 Å². The fraction of sp³-hybridized carbons (Fsp3) is 0.200. The Morgan fingerprint density at radius 2 is 2.18 bits per heavy atom. The summed E-state index contributed by atoms with van der Waals surface area (Å²) in [6.07, 6.45) is 1.61. The van der Waals surface area contributed by atoms with Gasteiger partial charge in [-0.15, -0.1) is 12.1 Å². The third-order valence-corrected chi connectivity index (χ3v) is 2.22. The molecular formula is C10H8IrN5O-. The molecule has 0 atom stereocenters. The summed E-state index contributed by atoms with van der Waals surface area (Å²) in [5.74, 6) is 1.24. The molecule has 3 aromatic heterocycles. The van der Waals surface area contributed by atoms with Crippen LogP contribution in [0, 0.1) is 13.0 Å². The second-order valence-electron chi connectivity index (χ2n) is 3.44. The maximum absolute atomic E-state index is 5.32. The van der Waals surface area contributed by atoms with Gasteiger partial charge in [-0.3, -0.25) is 4.98 Å². The number of hydrogen-bond acceptors (Lipinski definition) is 5. The Balaban J connectivity index is 0.00000108. The molecule has 7 heteroatoms. The molecule has 6 nitrogen and oxygen atoms in total. The standard InChI is InChI=1S/C10H8N5O.Ir/c1-6-12-9-8(16-6)4-3-7(13-9)10-14-11-5-15(10)2;/h4-5H,1-2H3;/q-1;. The molecule has 0 spiro atoms. The van der Waals surface area contributed by atoms with Crippen LogP contribution >= 0.6 is 0 Å². The van der Waals surface area contributed by atoms with Crippen LogP contribution in [0.5, 0.6) is 0 Å². The van der Waals surface area contributed by atoms with Crippen molar-refractivity contribution in [1.82, 2.24) is 24.7 Å². The minimum Gasteiger partial charge on any atom is -0.501 e. The van der Waals surface area contributed by atoms with Gasteiger partial charge in [0.1, 0.15) is 12.0 Å². The maximum atomic E-state index is 5.32. The zero-order valence-corrected chi connectivity index (χ0v) is 11.5. The van der Waals surface area contributed by atoms with E-state index >= 15 is 0 Å². The predicted molar refractivity (Wildman–Crippen MR) is 55.4 cm³/mol. The van der Waals surface area contributed by atoms with Crippen molar-refractivity contribution in [2.45, 2.75) is 6.92 Å². The summed E-state index contributed by atoms with van der Waals surface area (Å²) in [5, 5.41) is 7.75. The molecule has 0 fully saturated rings. The quantitative estimate of drug-likeness (QED) is 0.567. The summed E-state index contributed by atoms with van der Waals surface area (Å²) in [4.78, 5) is 8.47. The summed E-state index contributed by atoms with van der Waals surface area (Å²) < 4.78 is 7.10. The van der Waals surface area contributed by atoms with Gasteiger partial charge in [0.05, 0.1) is 11.4 Å². The van der Waals surface area contributed by atoms with E-state index in [0.29, 0.717) is 28.6 Å². The molecule has 0 aliphatic carbocycles. The van der Waals surface area contributed by atoms with Gasteiger partial charge in [0.15, 0.2) is 5.89 Å². The Hall–Kier alpha value is -1.59. The van der Waals surface area contributed by atoms with E-state index in [9.17, 15) is 0 Å². The Morgan fingerprint density at radius 3 is 2.88 bits per heavy atom. The van der Waals surface area contributed by atoms with Crippen LogP contribution in [0.4, 0.5) is 0 Å². The summed E-state index contributed by atoms with van der Waals surface area (Å²) >= 11 is 0. The van der Waals surface area contributed by atoms with Crippen LogP contribution in [-0.4, -0.2) is 24.7 Å². The van der Waals surface area contributed by atoms with Crippen LogP contribution < -0.4 is 0 Å². The van der Waals surface area contributed by atoms with Gasteiger partial charge >= 0.3 is 0 Å². The predicted octanol–water partition coefficient (Wildman–Crippen LogP) is 1.12. The van der Waals surface area contributed by atoms with Crippen LogP contribution in [-0.2, 0) is 27.2 Å². The van der Waals surface area contributed by atoms with Crippen LogP contribution in [0.3, 0.4) is 0 Å². The van der Waals surface area contributed by atoms with Crippen molar-refractivity contribution < 1.29 is 24.5 Å². The monoisotopic (exact) mass is 407 g/mol. The van der Waals surface area contributed by atoms with E-state index in [0.717, 1.165) is 0 Å². The number of oxazole rings is 1. The van der Waals surface area contributed by atoms with Crippen molar-refractivity contribution in [3.8, 4) is 11.5 Å². The number of pyridine rings is 1. The molecule has 0 aliphatic heterocycles. The van der Waals surface area contributed by atoms with Gasteiger partial charge in [0, 0.05) is 34.1 Å². The first-order chi connectivity index (χ1) is 7.74. The first-order valence-corrected chi connectivity index (χ1v) is 4.74. The van der Waals surface area contributed by atoms with Crippen molar-refractivity contribution in [3.63, 3.8) is 0 Å². The second-order valence-corrected chi connectivity index (χ2v) is 3.44. The van der Waals surface area contributed by atoms with Crippen molar-refractivity contribution in [2.24, 2.45) is 7.05 Å². The first-order valence-electron chi connectivity index (χ1n) is 4.74. The minimum atomic E-state index is 0. The van der Waals surface area contributed by atoms with Gasteiger partial charge in [-0.25, -0.2) is 4.98 Å². The largest absolute Gasteiger partial charge is 0.501 e. The van der Waals surface area contributed by atoms with Crippen LogP contribution in [0.2, 0.25) is 0 Å². The first kappa shape index (κ1) is 11.9. The van der Waals surface area contributed by atoms with Crippen LogP contribution in [0.15, 0.2) is 16.8 Å². The molecule has 0 bridgehead atoms. The van der Waals surface area contributed by atoms with Crippen molar-refractivity contribution in [1.29, 1.82) is 0 Å². The third kappa shape index (κ3) is 1.99. The summed E-state index contributed by atoms with van der Waals surface area (Å²) in [7, 11) is 1.85. The van der Waals surface area contributed by atoms with E-state index < -0.39 is 0 Å². The number of rotatable bonds is 1. The van der Waals surface area contributed by atoms with Gasteiger partial charge in [0.25, 0.3) is 0 Å². The van der Waals surface area contributed by atoms with Crippen LogP contribution in [0.25, 0.3) is 22.7 Å². The molecule has 0 saturated carbocycles.